The minimum atomic E-state index is -3.51. The topological polar surface area (TPSA) is 91.4 Å². The molecule has 27 heavy (non-hydrogen) atoms. The molecule has 8 heteroatoms. The van der Waals surface area contributed by atoms with Crippen molar-refractivity contribution in [3.05, 3.63) is 48.2 Å². The van der Waals surface area contributed by atoms with Crippen molar-refractivity contribution in [2.75, 3.05) is 31.3 Å². The molecule has 0 unspecified atom stereocenters. The number of carbonyl (C=O) groups is 1. The second-order valence-corrected chi connectivity index (χ2v) is 8.96. The minimum absolute atomic E-state index is 0.138. The van der Waals surface area contributed by atoms with E-state index in [1.807, 2.05) is 6.07 Å². The predicted octanol–water partition coefficient (Wildman–Crippen LogP) is 3.04. The Labute approximate surface area is 160 Å². The first-order valence-corrected chi connectivity index (χ1v) is 10.2. The number of anilines is 2. The van der Waals surface area contributed by atoms with Gasteiger partial charge in [0.25, 0.3) is 5.91 Å². The third kappa shape index (κ3) is 5.77. The van der Waals surface area contributed by atoms with Crippen LogP contribution in [0.25, 0.3) is 0 Å². The van der Waals surface area contributed by atoms with Crippen molar-refractivity contribution in [3.8, 4) is 0 Å². The maximum Gasteiger partial charge on any atom is 0.256 e. The summed E-state index contributed by atoms with van der Waals surface area (Å²) in [5.41, 5.74) is 1.25. The molecule has 0 saturated carbocycles. The highest BCUT2D eigenvalue weighted by molar-refractivity contribution is 7.89. The van der Waals surface area contributed by atoms with Crippen LogP contribution in [0.2, 0.25) is 0 Å². The summed E-state index contributed by atoms with van der Waals surface area (Å²) >= 11 is 0. The minimum Gasteiger partial charge on any atom is -0.384 e. The van der Waals surface area contributed by atoms with Gasteiger partial charge in [0.05, 0.1) is 16.8 Å². The van der Waals surface area contributed by atoms with Crippen molar-refractivity contribution in [1.29, 1.82) is 0 Å². The third-order valence-electron chi connectivity index (χ3n) is 3.95. The van der Waals surface area contributed by atoms with Gasteiger partial charge in [-0.25, -0.2) is 17.7 Å². The van der Waals surface area contributed by atoms with Crippen molar-refractivity contribution in [2.24, 2.45) is 5.92 Å². The monoisotopic (exact) mass is 390 g/mol. The number of amides is 1. The van der Waals surface area contributed by atoms with E-state index in [1.54, 1.807) is 12.3 Å². The van der Waals surface area contributed by atoms with Crippen LogP contribution in [0.4, 0.5) is 11.5 Å². The van der Waals surface area contributed by atoms with Crippen LogP contribution in [0.3, 0.4) is 0 Å². The third-order valence-corrected chi connectivity index (χ3v) is 5.78. The highest BCUT2D eigenvalue weighted by Gasteiger charge is 2.17. The lowest BCUT2D eigenvalue weighted by atomic mass is 10.1. The molecule has 2 rings (SSSR count). The number of benzene rings is 1. The molecule has 146 valence electrons. The van der Waals surface area contributed by atoms with Crippen molar-refractivity contribution >= 4 is 27.4 Å². The SMILES string of the molecule is CC(C)CCNc1ccc(NC(=O)c2ccc(S(=O)(=O)N(C)C)cc2)nc1. The highest BCUT2D eigenvalue weighted by Crippen LogP contribution is 2.16. The number of sulfonamides is 1. The van der Waals surface area contributed by atoms with Crippen LogP contribution in [-0.4, -0.2) is 44.3 Å². The summed E-state index contributed by atoms with van der Waals surface area (Å²) in [6, 6.07) is 9.37. The largest absolute Gasteiger partial charge is 0.384 e. The molecule has 0 bridgehead atoms. The number of hydrogen-bond donors (Lipinski definition) is 2. The number of nitrogens with one attached hydrogen (secondary N) is 2. The Kier molecular flexibility index (Phi) is 6.92. The molecule has 0 saturated heterocycles. The Balaban J connectivity index is 1.99. The Morgan fingerprint density at radius 2 is 1.78 bits per heavy atom. The van der Waals surface area contributed by atoms with Gasteiger partial charge in [0, 0.05) is 26.2 Å². The summed E-state index contributed by atoms with van der Waals surface area (Å²) in [4.78, 5) is 16.7. The van der Waals surface area contributed by atoms with Crippen LogP contribution in [0.15, 0.2) is 47.5 Å². The van der Waals surface area contributed by atoms with Crippen LogP contribution >= 0.6 is 0 Å². The highest BCUT2D eigenvalue weighted by atomic mass is 32.2. The van der Waals surface area contributed by atoms with E-state index < -0.39 is 10.0 Å². The fourth-order valence-electron chi connectivity index (χ4n) is 2.26. The van der Waals surface area contributed by atoms with Crippen molar-refractivity contribution < 1.29 is 13.2 Å². The van der Waals surface area contributed by atoms with Gasteiger partial charge < -0.3 is 10.6 Å². The summed E-state index contributed by atoms with van der Waals surface area (Å²) in [5.74, 6) is 0.708. The van der Waals surface area contributed by atoms with Crippen molar-refractivity contribution in [2.45, 2.75) is 25.2 Å². The van der Waals surface area contributed by atoms with Gasteiger partial charge >= 0.3 is 0 Å². The van der Waals surface area contributed by atoms with E-state index in [9.17, 15) is 13.2 Å². The Bertz CT molecular complexity index is 861. The molecular formula is C19H26N4O3S. The molecule has 1 aromatic carbocycles. The van der Waals surface area contributed by atoms with Crippen molar-refractivity contribution in [1.82, 2.24) is 9.29 Å². The van der Waals surface area contributed by atoms with Crippen molar-refractivity contribution in [3.63, 3.8) is 0 Å². The fourth-order valence-corrected chi connectivity index (χ4v) is 3.16. The first-order chi connectivity index (χ1) is 12.7. The smallest absolute Gasteiger partial charge is 0.256 e. The van der Waals surface area contributed by atoms with Gasteiger partial charge in [-0.15, -0.1) is 0 Å². The molecule has 0 aliphatic carbocycles. The van der Waals surface area contributed by atoms with E-state index in [-0.39, 0.29) is 10.8 Å². The molecule has 0 aliphatic heterocycles. The molecule has 1 heterocycles. The van der Waals surface area contributed by atoms with E-state index >= 15 is 0 Å². The Hall–Kier alpha value is -2.45. The van der Waals surface area contributed by atoms with Gasteiger partial charge in [0.1, 0.15) is 5.82 Å². The molecule has 1 amide bonds. The fraction of sp³-hybridized carbons (Fsp3) is 0.368. The summed E-state index contributed by atoms with van der Waals surface area (Å²) < 4.78 is 25.2. The maximum absolute atomic E-state index is 12.3. The second-order valence-electron chi connectivity index (χ2n) is 6.81. The number of aromatic nitrogens is 1. The molecule has 7 nitrogen and oxygen atoms in total. The normalized spacial score (nSPS) is 11.6. The summed E-state index contributed by atoms with van der Waals surface area (Å²) in [7, 11) is -0.591. The Morgan fingerprint density at radius 1 is 1.11 bits per heavy atom. The van der Waals surface area contributed by atoms with Crippen LogP contribution < -0.4 is 10.6 Å². The van der Waals surface area contributed by atoms with E-state index in [0.717, 1.165) is 23.0 Å². The molecular weight excluding hydrogens is 364 g/mol. The van der Waals surface area contributed by atoms with E-state index in [2.05, 4.69) is 29.5 Å². The molecule has 0 radical (unpaired) electrons. The zero-order chi connectivity index (χ0) is 20.0. The summed E-state index contributed by atoms with van der Waals surface area (Å²) in [6.45, 7) is 5.20. The first kappa shape index (κ1) is 20.9. The average Bonchev–Trinajstić information content (AvgIpc) is 2.63. The molecule has 2 aromatic rings. The van der Waals surface area contributed by atoms with Crippen LogP contribution in [-0.2, 0) is 10.0 Å². The first-order valence-electron chi connectivity index (χ1n) is 8.74. The van der Waals surface area contributed by atoms with Crippen LogP contribution in [0, 0.1) is 5.92 Å². The summed E-state index contributed by atoms with van der Waals surface area (Å²) in [5, 5.41) is 5.98. The average molecular weight is 391 g/mol. The van der Waals surface area contributed by atoms with Gasteiger partial charge in [-0.1, -0.05) is 13.8 Å². The van der Waals surface area contributed by atoms with Crippen LogP contribution in [0.1, 0.15) is 30.6 Å². The molecule has 0 atom stereocenters. The predicted molar refractivity (Wildman–Crippen MR) is 107 cm³/mol. The molecule has 0 fully saturated rings. The number of pyridine rings is 1. The van der Waals surface area contributed by atoms with Gasteiger partial charge in [-0.05, 0) is 48.7 Å². The van der Waals surface area contributed by atoms with Gasteiger partial charge in [0.15, 0.2) is 0 Å². The Morgan fingerprint density at radius 3 is 2.30 bits per heavy atom. The number of rotatable bonds is 8. The van der Waals surface area contributed by atoms with E-state index in [0.29, 0.717) is 17.3 Å². The molecule has 2 N–H and O–H groups in total. The van der Waals surface area contributed by atoms with Gasteiger partial charge in [-0.2, -0.15) is 0 Å². The number of hydrogen-bond acceptors (Lipinski definition) is 5. The van der Waals surface area contributed by atoms with Crippen LogP contribution in [0.5, 0.6) is 0 Å². The quantitative estimate of drug-likeness (QED) is 0.723. The maximum atomic E-state index is 12.3. The lowest BCUT2D eigenvalue weighted by Gasteiger charge is -2.12. The molecule has 1 aromatic heterocycles. The number of nitrogens with zero attached hydrogens (tertiary/aromatic N) is 2. The van der Waals surface area contributed by atoms with E-state index in [4.69, 9.17) is 0 Å². The zero-order valence-corrected chi connectivity index (χ0v) is 16.9. The van der Waals surface area contributed by atoms with E-state index in [1.165, 1.54) is 38.4 Å². The summed E-state index contributed by atoms with van der Waals surface area (Å²) in [6.07, 6.45) is 2.74. The lowest BCUT2D eigenvalue weighted by molar-refractivity contribution is 0.102. The second kappa shape index (κ2) is 8.96. The lowest BCUT2D eigenvalue weighted by Crippen LogP contribution is -2.22. The molecule has 0 aliphatic rings. The van der Waals surface area contributed by atoms with Gasteiger partial charge in [0.2, 0.25) is 10.0 Å². The number of carbonyl (C=O) groups excluding carboxylic acids is 1. The standard InChI is InChI=1S/C19H26N4O3S/c1-14(2)11-12-20-16-7-10-18(21-13-16)22-19(24)15-5-8-17(9-6-15)27(25,26)23(3)4/h5-10,13-14,20H,11-12H2,1-4H3,(H,21,22,24). The zero-order valence-electron chi connectivity index (χ0n) is 16.1. The van der Waals surface area contributed by atoms with Gasteiger partial charge in [-0.3, -0.25) is 4.79 Å². The molecule has 0 spiro atoms.